The van der Waals surface area contributed by atoms with Crippen molar-refractivity contribution >= 4 is 5.78 Å². The van der Waals surface area contributed by atoms with Crippen LogP contribution in [0.1, 0.15) is 22.0 Å². The summed E-state index contributed by atoms with van der Waals surface area (Å²) < 4.78 is 26.6. The number of hydrogen-bond donors (Lipinski definition) is 2. The van der Waals surface area contributed by atoms with Gasteiger partial charge in [0.15, 0.2) is 35.2 Å². The number of aliphatic hydroxyl groups is 1. The smallest absolute Gasteiger partial charge is 0.203 e. The average molecular weight is 376 g/mol. The molecule has 0 unspecified atom stereocenters. The monoisotopic (exact) mass is 376 g/mol. The van der Waals surface area contributed by atoms with Gasteiger partial charge < -0.3 is 33.9 Å². The van der Waals surface area contributed by atoms with Gasteiger partial charge in [0.25, 0.3) is 0 Å². The number of benzene rings is 2. The summed E-state index contributed by atoms with van der Waals surface area (Å²) in [6, 6.07) is 6.33. The summed E-state index contributed by atoms with van der Waals surface area (Å²) >= 11 is 0. The number of carbonyl (C=O) groups is 1. The molecule has 0 aliphatic carbocycles. The standard InChI is InChI=1S/C19H20O8/c1-23-10-6-5-9(7-11(10)24-2)18-17(22)16(21)14-12(27-18)8-13(25-3)15(20)19(14)26-4/h5-8,17-18,20,22H,1-4H3/t17-,18-/m0/s1. The number of aromatic hydroxyl groups is 1. The zero-order valence-electron chi connectivity index (χ0n) is 15.3. The van der Waals surface area contributed by atoms with Crippen molar-refractivity contribution in [3.63, 3.8) is 0 Å². The third-order valence-electron chi connectivity index (χ3n) is 4.40. The van der Waals surface area contributed by atoms with Gasteiger partial charge in [-0.3, -0.25) is 4.79 Å². The predicted molar refractivity (Wildman–Crippen MR) is 94.5 cm³/mol. The molecular weight excluding hydrogens is 356 g/mol. The molecule has 1 aliphatic heterocycles. The van der Waals surface area contributed by atoms with Gasteiger partial charge in [-0.05, 0) is 17.7 Å². The predicted octanol–water partition coefficient (Wildman–Crippen LogP) is 2.10. The van der Waals surface area contributed by atoms with Gasteiger partial charge in [0.1, 0.15) is 11.3 Å². The molecule has 0 fully saturated rings. The lowest BCUT2D eigenvalue weighted by atomic mass is 9.92. The van der Waals surface area contributed by atoms with Crippen molar-refractivity contribution in [2.75, 3.05) is 28.4 Å². The van der Waals surface area contributed by atoms with E-state index in [4.69, 9.17) is 23.7 Å². The van der Waals surface area contributed by atoms with Crippen LogP contribution in [0.4, 0.5) is 0 Å². The minimum atomic E-state index is -1.50. The van der Waals surface area contributed by atoms with E-state index >= 15 is 0 Å². The zero-order valence-corrected chi connectivity index (χ0v) is 15.3. The number of phenolic OH excluding ortho intramolecular Hbond substituents is 1. The number of aliphatic hydroxyl groups excluding tert-OH is 1. The van der Waals surface area contributed by atoms with Crippen molar-refractivity contribution in [1.29, 1.82) is 0 Å². The number of fused-ring (bicyclic) bond motifs is 1. The summed E-state index contributed by atoms with van der Waals surface area (Å²) in [6.45, 7) is 0. The lowest BCUT2D eigenvalue weighted by Gasteiger charge is -2.31. The molecule has 0 saturated carbocycles. The van der Waals surface area contributed by atoms with Crippen LogP contribution >= 0.6 is 0 Å². The average Bonchev–Trinajstić information content (AvgIpc) is 2.69. The quantitative estimate of drug-likeness (QED) is 0.818. The molecule has 27 heavy (non-hydrogen) atoms. The fourth-order valence-electron chi connectivity index (χ4n) is 3.05. The Balaban J connectivity index is 2.10. The second-order valence-corrected chi connectivity index (χ2v) is 5.80. The normalized spacial score (nSPS) is 18.3. The molecule has 0 spiro atoms. The van der Waals surface area contributed by atoms with E-state index in [1.165, 1.54) is 34.5 Å². The van der Waals surface area contributed by atoms with Crippen LogP contribution < -0.4 is 23.7 Å². The Bertz CT molecular complexity index is 876. The number of carbonyl (C=O) groups excluding carboxylic acids is 1. The van der Waals surface area contributed by atoms with Crippen molar-refractivity contribution in [2.24, 2.45) is 0 Å². The largest absolute Gasteiger partial charge is 0.502 e. The van der Waals surface area contributed by atoms with Crippen LogP contribution in [0.5, 0.6) is 34.5 Å². The zero-order chi connectivity index (χ0) is 19.7. The van der Waals surface area contributed by atoms with Gasteiger partial charge in [0.2, 0.25) is 11.5 Å². The maximum atomic E-state index is 12.8. The molecule has 144 valence electrons. The Morgan fingerprint density at radius 2 is 1.59 bits per heavy atom. The van der Waals surface area contributed by atoms with Crippen LogP contribution in [-0.4, -0.2) is 50.5 Å². The molecule has 0 saturated heterocycles. The molecule has 0 aromatic heterocycles. The number of ether oxygens (including phenoxy) is 5. The maximum absolute atomic E-state index is 12.8. The van der Waals surface area contributed by atoms with Crippen molar-refractivity contribution < 1.29 is 38.7 Å². The topological polar surface area (TPSA) is 104 Å². The first-order valence-corrected chi connectivity index (χ1v) is 8.05. The lowest BCUT2D eigenvalue weighted by molar-refractivity contribution is 0.0208. The molecule has 0 amide bonds. The van der Waals surface area contributed by atoms with E-state index in [-0.39, 0.29) is 28.6 Å². The highest BCUT2D eigenvalue weighted by atomic mass is 16.5. The molecule has 1 aliphatic rings. The molecule has 2 aromatic rings. The molecule has 2 N–H and O–H groups in total. The Hall–Kier alpha value is -3.13. The summed E-state index contributed by atoms with van der Waals surface area (Å²) in [6.07, 6.45) is -2.49. The van der Waals surface area contributed by atoms with Crippen LogP contribution in [0.15, 0.2) is 24.3 Å². The van der Waals surface area contributed by atoms with Crippen molar-refractivity contribution in [3.05, 3.63) is 35.4 Å². The van der Waals surface area contributed by atoms with E-state index in [1.54, 1.807) is 18.2 Å². The summed E-state index contributed by atoms with van der Waals surface area (Å²) in [5, 5.41) is 20.7. The van der Waals surface area contributed by atoms with E-state index in [0.29, 0.717) is 17.1 Å². The Morgan fingerprint density at radius 3 is 2.19 bits per heavy atom. The third-order valence-corrected chi connectivity index (χ3v) is 4.40. The molecule has 1 heterocycles. The van der Waals surface area contributed by atoms with Gasteiger partial charge in [-0.1, -0.05) is 6.07 Å². The van der Waals surface area contributed by atoms with Gasteiger partial charge in [-0.2, -0.15) is 0 Å². The summed E-state index contributed by atoms with van der Waals surface area (Å²) in [5.41, 5.74) is 0.477. The highest BCUT2D eigenvalue weighted by Gasteiger charge is 2.41. The van der Waals surface area contributed by atoms with Crippen LogP contribution in [0, 0.1) is 0 Å². The van der Waals surface area contributed by atoms with Crippen LogP contribution in [0.25, 0.3) is 0 Å². The number of phenols is 1. The fourth-order valence-corrected chi connectivity index (χ4v) is 3.05. The Kier molecular flexibility index (Phi) is 5.00. The fraction of sp³-hybridized carbons (Fsp3) is 0.316. The molecule has 8 heteroatoms. The minimum absolute atomic E-state index is 0.0416. The molecule has 0 bridgehead atoms. The van der Waals surface area contributed by atoms with Gasteiger partial charge >= 0.3 is 0 Å². The van der Waals surface area contributed by atoms with Crippen molar-refractivity contribution in [3.8, 4) is 34.5 Å². The number of methoxy groups -OCH3 is 4. The van der Waals surface area contributed by atoms with Crippen molar-refractivity contribution in [1.82, 2.24) is 0 Å². The minimum Gasteiger partial charge on any atom is -0.502 e. The number of hydrogen-bond acceptors (Lipinski definition) is 8. The maximum Gasteiger partial charge on any atom is 0.203 e. The SMILES string of the molecule is COc1ccc([C@@H]2Oc3cc(OC)c(O)c(OC)c3C(=O)[C@@H]2O)cc1OC. The number of rotatable bonds is 5. The third kappa shape index (κ3) is 2.97. The molecule has 2 atom stereocenters. The first kappa shape index (κ1) is 18.7. The van der Waals surface area contributed by atoms with E-state index in [9.17, 15) is 15.0 Å². The van der Waals surface area contributed by atoms with Crippen LogP contribution in [-0.2, 0) is 0 Å². The number of Topliss-reactive ketones (excluding diaryl/α,β-unsaturated/α-hetero) is 1. The van der Waals surface area contributed by atoms with Gasteiger partial charge in [0, 0.05) is 6.07 Å². The van der Waals surface area contributed by atoms with Gasteiger partial charge in [-0.15, -0.1) is 0 Å². The first-order chi connectivity index (χ1) is 13.0. The van der Waals surface area contributed by atoms with Crippen molar-refractivity contribution in [2.45, 2.75) is 12.2 Å². The Labute approximate surface area is 155 Å². The summed E-state index contributed by atoms with van der Waals surface area (Å²) in [5.74, 6) is 0.0753. The molecule has 2 aromatic carbocycles. The van der Waals surface area contributed by atoms with Crippen LogP contribution in [0.3, 0.4) is 0 Å². The van der Waals surface area contributed by atoms with E-state index in [0.717, 1.165) is 0 Å². The highest BCUT2D eigenvalue weighted by molar-refractivity contribution is 6.06. The van der Waals surface area contributed by atoms with Crippen LogP contribution in [0.2, 0.25) is 0 Å². The molecule has 0 radical (unpaired) electrons. The second kappa shape index (κ2) is 7.24. The highest BCUT2D eigenvalue weighted by Crippen LogP contribution is 2.49. The molecule has 8 nitrogen and oxygen atoms in total. The second-order valence-electron chi connectivity index (χ2n) is 5.80. The lowest BCUT2D eigenvalue weighted by Crippen LogP contribution is -2.36. The Morgan fingerprint density at radius 1 is 0.926 bits per heavy atom. The summed E-state index contributed by atoms with van der Waals surface area (Å²) in [4.78, 5) is 12.8. The van der Waals surface area contributed by atoms with E-state index in [2.05, 4.69) is 0 Å². The van der Waals surface area contributed by atoms with Gasteiger partial charge in [0.05, 0.1) is 28.4 Å². The summed E-state index contributed by atoms with van der Waals surface area (Å²) in [7, 11) is 5.66. The number of ketones is 1. The van der Waals surface area contributed by atoms with E-state index in [1.807, 2.05) is 0 Å². The molecule has 3 rings (SSSR count). The molecular formula is C19H20O8. The first-order valence-electron chi connectivity index (χ1n) is 8.05. The van der Waals surface area contributed by atoms with Gasteiger partial charge in [-0.25, -0.2) is 0 Å². The van der Waals surface area contributed by atoms with E-state index < -0.39 is 18.0 Å².